The lowest BCUT2D eigenvalue weighted by Crippen LogP contribution is -2.24. The molecule has 2 unspecified atom stereocenters. The van der Waals surface area contributed by atoms with Gasteiger partial charge in [0.05, 0.1) is 0 Å². The topological polar surface area (TPSA) is 12.0 Å². The Kier molecular flexibility index (Phi) is 7.07. The van der Waals surface area contributed by atoms with Gasteiger partial charge in [0.1, 0.15) is 5.82 Å². The van der Waals surface area contributed by atoms with E-state index in [1.807, 2.05) is 6.92 Å². The minimum absolute atomic E-state index is 0.124. The summed E-state index contributed by atoms with van der Waals surface area (Å²) in [5, 5.41) is 3.56. The van der Waals surface area contributed by atoms with Crippen LogP contribution in [0.4, 0.5) is 4.39 Å². The first-order chi connectivity index (χ1) is 9.06. The monoisotopic (exact) mass is 265 g/mol. The molecule has 2 heteroatoms. The molecular weight excluding hydrogens is 237 g/mol. The fraction of sp³-hybridized carbons (Fsp3) is 0.647. The number of nitrogens with one attached hydrogen (secondary N) is 1. The first-order valence-corrected chi connectivity index (χ1v) is 7.57. The van der Waals surface area contributed by atoms with Crippen molar-refractivity contribution in [1.29, 1.82) is 0 Å². The molecular formula is C17H28FN. The zero-order valence-electron chi connectivity index (χ0n) is 12.8. The molecule has 2 atom stereocenters. The maximum absolute atomic E-state index is 13.6. The van der Waals surface area contributed by atoms with E-state index in [1.54, 1.807) is 12.1 Å². The standard InChI is InChI=1S/C17H28FN/c1-5-7-13(3)11-17(19-8-6-2)15-9-14(4)10-16(18)12-15/h9-10,12-13,17,19H,5-8,11H2,1-4H3. The van der Waals surface area contributed by atoms with Gasteiger partial charge in [-0.15, -0.1) is 0 Å². The van der Waals surface area contributed by atoms with E-state index in [0.29, 0.717) is 5.92 Å². The molecule has 0 aliphatic rings. The molecule has 0 aliphatic heterocycles. The van der Waals surface area contributed by atoms with Crippen molar-refractivity contribution in [2.75, 3.05) is 6.54 Å². The van der Waals surface area contributed by atoms with Crippen molar-refractivity contribution < 1.29 is 4.39 Å². The van der Waals surface area contributed by atoms with E-state index in [2.05, 4.69) is 32.2 Å². The highest BCUT2D eigenvalue weighted by molar-refractivity contribution is 5.26. The Morgan fingerprint density at radius 2 is 1.89 bits per heavy atom. The van der Waals surface area contributed by atoms with Crippen LogP contribution in [0.2, 0.25) is 0 Å². The summed E-state index contributed by atoms with van der Waals surface area (Å²) in [6.45, 7) is 9.61. The van der Waals surface area contributed by atoms with Crippen LogP contribution in [0.3, 0.4) is 0 Å². The fourth-order valence-corrected chi connectivity index (χ4v) is 2.63. The third-order valence-electron chi connectivity index (χ3n) is 3.53. The number of benzene rings is 1. The molecule has 0 heterocycles. The molecule has 0 radical (unpaired) electrons. The first kappa shape index (κ1) is 16.2. The van der Waals surface area contributed by atoms with Crippen LogP contribution < -0.4 is 5.32 Å². The molecule has 0 spiro atoms. The molecule has 108 valence electrons. The van der Waals surface area contributed by atoms with E-state index in [4.69, 9.17) is 0 Å². The van der Waals surface area contributed by atoms with Gasteiger partial charge in [0.25, 0.3) is 0 Å². The van der Waals surface area contributed by atoms with Crippen LogP contribution >= 0.6 is 0 Å². The Balaban J connectivity index is 2.82. The lowest BCUT2D eigenvalue weighted by Gasteiger charge is -2.23. The third-order valence-corrected chi connectivity index (χ3v) is 3.53. The van der Waals surface area contributed by atoms with Crippen LogP contribution in [0.5, 0.6) is 0 Å². The SMILES string of the molecule is CCCNC(CC(C)CCC)c1cc(C)cc(F)c1. The zero-order chi connectivity index (χ0) is 14.3. The quantitative estimate of drug-likeness (QED) is 0.697. The summed E-state index contributed by atoms with van der Waals surface area (Å²) in [6.07, 6.45) is 4.63. The molecule has 0 saturated heterocycles. The summed E-state index contributed by atoms with van der Waals surface area (Å²) >= 11 is 0. The van der Waals surface area contributed by atoms with Crippen molar-refractivity contribution in [2.45, 2.75) is 59.4 Å². The average Bonchev–Trinajstić information content (AvgIpc) is 2.33. The van der Waals surface area contributed by atoms with Crippen molar-refractivity contribution in [2.24, 2.45) is 5.92 Å². The van der Waals surface area contributed by atoms with Gasteiger partial charge in [-0.25, -0.2) is 4.39 Å². The Hall–Kier alpha value is -0.890. The van der Waals surface area contributed by atoms with Crippen LogP contribution in [0, 0.1) is 18.7 Å². The van der Waals surface area contributed by atoms with Gasteiger partial charge in [0.15, 0.2) is 0 Å². The molecule has 1 rings (SSSR count). The van der Waals surface area contributed by atoms with Crippen LogP contribution in [-0.4, -0.2) is 6.54 Å². The smallest absolute Gasteiger partial charge is 0.123 e. The largest absolute Gasteiger partial charge is 0.310 e. The number of rotatable bonds is 8. The second-order valence-corrected chi connectivity index (χ2v) is 5.70. The molecule has 1 N–H and O–H groups in total. The van der Waals surface area contributed by atoms with Crippen LogP contribution in [0.15, 0.2) is 18.2 Å². The van der Waals surface area contributed by atoms with Gasteiger partial charge < -0.3 is 5.32 Å². The van der Waals surface area contributed by atoms with Gasteiger partial charge in [-0.1, -0.05) is 39.7 Å². The molecule has 1 aromatic rings. The summed E-state index contributed by atoms with van der Waals surface area (Å²) in [5.74, 6) is 0.546. The molecule has 0 bridgehead atoms. The minimum Gasteiger partial charge on any atom is -0.310 e. The van der Waals surface area contributed by atoms with Crippen LogP contribution in [0.25, 0.3) is 0 Å². The van der Waals surface area contributed by atoms with Gasteiger partial charge in [-0.2, -0.15) is 0 Å². The second kappa shape index (κ2) is 8.31. The second-order valence-electron chi connectivity index (χ2n) is 5.70. The highest BCUT2D eigenvalue weighted by atomic mass is 19.1. The summed E-state index contributed by atoms with van der Waals surface area (Å²) in [4.78, 5) is 0. The number of aryl methyl sites for hydroxylation is 1. The zero-order valence-corrected chi connectivity index (χ0v) is 12.8. The van der Waals surface area contributed by atoms with E-state index in [9.17, 15) is 4.39 Å². The van der Waals surface area contributed by atoms with Gasteiger partial charge in [0.2, 0.25) is 0 Å². The molecule has 1 aromatic carbocycles. The Labute approximate surface area is 117 Å². The third kappa shape index (κ3) is 5.73. The Morgan fingerprint density at radius 3 is 2.47 bits per heavy atom. The molecule has 0 aromatic heterocycles. The first-order valence-electron chi connectivity index (χ1n) is 7.57. The predicted octanol–water partition coefficient (Wildman–Crippen LogP) is 5.00. The highest BCUT2D eigenvalue weighted by Gasteiger charge is 2.15. The molecule has 0 amide bonds. The van der Waals surface area contributed by atoms with Crippen molar-refractivity contribution in [1.82, 2.24) is 5.32 Å². The molecule has 19 heavy (non-hydrogen) atoms. The minimum atomic E-state index is -0.124. The van der Waals surface area contributed by atoms with E-state index in [1.165, 1.54) is 12.8 Å². The van der Waals surface area contributed by atoms with Crippen LogP contribution in [0.1, 0.15) is 63.6 Å². The number of hydrogen-bond acceptors (Lipinski definition) is 1. The Bertz CT molecular complexity index is 355. The lowest BCUT2D eigenvalue weighted by molar-refractivity contribution is 0.389. The highest BCUT2D eigenvalue weighted by Crippen LogP contribution is 2.25. The lowest BCUT2D eigenvalue weighted by atomic mass is 9.92. The van der Waals surface area contributed by atoms with Crippen molar-refractivity contribution in [3.8, 4) is 0 Å². The van der Waals surface area contributed by atoms with E-state index in [0.717, 1.165) is 30.5 Å². The summed E-state index contributed by atoms with van der Waals surface area (Å²) in [6, 6.07) is 5.65. The van der Waals surface area contributed by atoms with Gasteiger partial charge in [-0.3, -0.25) is 0 Å². The van der Waals surface area contributed by atoms with Crippen molar-refractivity contribution >= 4 is 0 Å². The summed E-state index contributed by atoms with van der Waals surface area (Å²) in [5.41, 5.74) is 2.09. The van der Waals surface area contributed by atoms with Crippen molar-refractivity contribution in [3.05, 3.63) is 35.1 Å². The number of halogens is 1. The average molecular weight is 265 g/mol. The molecule has 0 aliphatic carbocycles. The maximum atomic E-state index is 13.6. The normalized spacial score (nSPS) is 14.4. The molecule has 1 nitrogen and oxygen atoms in total. The van der Waals surface area contributed by atoms with E-state index in [-0.39, 0.29) is 11.9 Å². The fourth-order valence-electron chi connectivity index (χ4n) is 2.63. The van der Waals surface area contributed by atoms with Crippen LogP contribution in [-0.2, 0) is 0 Å². The van der Waals surface area contributed by atoms with Crippen molar-refractivity contribution in [3.63, 3.8) is 0 Å². The Morgan fingerprint density at radius 1 is 1.16 bits per heavy atom. The molecule has 0 fully saturated rings. The van der Waals surface area contributed by atoms with Gasteiger partial charge in [-0.05, 0) is 55.5 Å². The van der Waals surface area contributed by atoms with E-state index < -0.39 is 0 Å². The number of hydrogen-bond donors (Lipinski definition) is 1. The predicted molar refractivity (Wildman–Crippen MR) is 80.9 cm³/mol. The van der Waals surface area contributed by atoms with Gasteiger partial charge >= 0.3 is 0 Å². The van der Waals surface area contributed by atoms with E-state index >= 15 is 0 Å². The summed E-state index contributed by atoms with van der Waals surface area (Å²) in [7, 11) is 0. The maximum Gasteiger partial charge on any atom is 0.123 e. The molecule has 0 saturated carbocycles. The van der Waals surface area contributed by atoms with Gasteiger partial charge in [0, 0.05) is 6.04 Å². The summed E-state index contributed by atoms with van der Waals surface area (Å²) < 4.78 is 13.6.